The summed E-state index contributed by atoms with van der Waals surface area (Å²) in [6.45, 7) is 2.77. The van der Waals surface area contributed by atoms with Gasteiger partial charge in [0.05, 0.1) is 4.88 Å². The molecule has 0 fully saturated rings. The Morgan fingerprint density at radius 3 is 2.56 bits per heavy atom. The average Bonchev–Trinajstić information content (AvgIpc) is 2.94. The van der Waals surface area contributed by atoms with Crippen LogP contribution in [0.1, 0.15) is 23.8 Å². The fourth-order valence-electron chi connectivity index (χ4n) is 1.96. The Morgan fingerprint density at radius 1 is 1.17 bits per heavy atom. The SMILES string of the molecule is CCC(O)(NCCc1ccccc1)c1cccs1. The molecular weight excluding hydrogens is 242 g/mol. The first kappa shape index (κ1) is 13.3. The smallest absolute Gasteiger partial charge is 0.151 e. The predicted molar refractivity (Wildman–Crippen MR) is 76.7 cm³/mol. The summed E-state index contributed by atoms with van der Waals surface area (Å²) in [5.41, 5.74) is 0.401. The monoisotopic (exact) mass is 261 g/mol. The van der Waals surface area contributed by atoms with Crippen molar-refractivity contribution in [3.63, 3.8) is 0 Å². The van der Waals surface area contributed by atoms with Crippen LogP contribution in [-0.4, -0.2) is 11.7 Å². The van der Waals surface area contributed by atoms with Gasteiger partial charge in [0.15, 0.2) is 5.72 Å². The highest BCUT2D eigenvalue weighted by molar-refractivity contribution is 7.10. The number of hydrogen-bond donors (Lipinski definition) is 2. The molecule has 0 aliphatic carbocycles. The summed E-state index contributed by atoms with van der Waals surface area (Å²) in [6.07, 6.45) is 1.59. The highest BCUT2D eigenvalue weighted by Gasteiger charge is 2.26. The Labute approximate surface area is 112 Å². The van der Waals surface area contributed by atoms with Crippen LogP contribution in [0.3, 0.4) is 0 Å². The maximum atomic E-state index is 10.6. The zero-order valence-electron chi connectivity index (χ0n) is 10.6. The summed E-state index contributed by atoms with van der Waals surface area (Å²) in [6, 6.07) is 14.3. The molecule has 3 heteroatoms. The normalized spacial score (nSPS) is 14.3. The molecule has 0 spiro atoms. The van der Waals surface area contributed by atoms with Crippen LogP contribution in [0.15, 0.2) is 47.8 Å². The Bertz CT molecular complexity index is 455. The van der Waals surface area contributed by atoms with Crippen LogP contribution in [0.4, 0.5) is 0 Å². The molecular formula is C15H19NOS. The Morgan fingerprint density at radius 2 is 1.94 bits per heavy atom. The summed E-state index contributed by atoms with van der Waals surface area (Å²) < 4.78 is 0. The third kappa shape index (κ3) is 3.19. The second-order valence-electron chi connectivity index (χ2n) is 4.35. The number of thiophene rings is 1. The van der Waals surface area contributed by atoms with Gasteiger partial charge in [0.25, 0.3) is 0 Å². The summed E-state index contributed by atoms with van der Waals surface area (Å²) in [4.78, 5) is 0.984. The molecule has 2 aromatic rings. The van der Waals surface area contributed by atoms with Gasteiger partial charge in [-0.2, -0.15) is 0 Å². The number of hydrogen-bond acceptors (Lipinski definition) is 3. The Hall–Kier alpha value is -1.16. The van der Waals surface area contributed by atoms with Crippen LogP contribution < -0.4 is 5.32 Å². The molecule has 18 heavy (non-hydrogen) atoms. The molecule has 1 aromatic carbocycles. The topological polar surface area (TPSA) is 32.3 Å². The Balaban J connectivity index is 1.92. The third-order valence-electron chi connectivity index (χ3n) is 3.11. The van der Waals surface area contributed by atoms with Crippen molar-refractivity contribution in [2.45, 2.75) is 25.5 Å². The van der Waals surface area contributed by atoms with Gasteiger partial charge < -0.3 is 5.11 Å². The van der Waals surface area contributed by atoms with Crippen molar-refractivity contribution in [1.29, 1.82) is 0 Å². The van der Waals surface area contributed by atoms with Crippen LogP contribution in [0, 0.1) is 0 Å². The van der Waals surface area contributed by atoms with Crippen molar-refractivity contribution in [3.05, 3.63) is 58.3 Å². The molecule has 1 atom stereocenters. The summed E-state index contributed by atoms with van der Waals surface area (Å²) in [5, 5.41) is 15.8. The van der Waals surface area contributed by atoms with E-state index in [1.165, 1.54) is 5.56 Å². The van der Waals surface area contributed by atoms with Crippen molar-refractivity contribution in [2.75, 3.05) is 6.54 Å². The second kappa shape index (κ2) is 6.14. The van der Waals surface area contributed by atoms with Gasteiger partial charge in [-0.15, -0.1) is 11.3 Å². The standard InChI is InChI=1S/C15H19NOS/c1-2-15(17,14-9-6-12-18-14)16-11-10-13-7-4-3-5-8-13/h3-9,12,16-17H,2,10-11H2,1H3. The lowest BCUT2D eigenvalue weighted by Gasteiger charge is -2.27. The van der Waals surface area contributed by atoms with E-state index in [2.05, 4.69) is 17.4 Å². The van der Waals surface area contributed by atoms with Gasteiger partial charge in [-0.25, -0.2) is 0 Å². The van der Waals surface area contributed by atoms with Gasteiger partial charge in [-0.05, 0) is 29.9 Å². The summed E-state index contributed by atoms with van der Waals surface area (Å²) in [7, 11) is 0. The van der Waals surface area contributed by atoms with Gasteiger partial charge in [-0.3, -0.25) is 5.32 Å². The minimum Gasteiger partial charge on any atom is -0.371 e. The van der Waals surface area contributed by atoms with Crippen LogP contribution in [0.2, 0.25) is 0 Å². The van der Waals surface area contributed by atoms with E-state index in [0.717, 1.165) is 17.8 Å². The van der Waals surface area contributed by atoms with Gasteiger partial charge >= 0.3 is 0 Å². The van der Waals surface area contributed by atoms with Crippen molar-refractivity contribution in [2.24, 2.45) is 0 Å². The molecule has 96 valence electrons. The fraction of sp³-hybridized carbons (Fsp3) is 0.333. The van der Waals surface area contributed by atoms with E-state index in [4.69, 9.17) is 0 Å². The highest BCUT2D eigenvalue weighted by Crippen LogP contribution is 2.26. The Kier molecular flexibility index (Phi) is 4.53. The second-order valence-corrected chi connectivity index (χ2v) is 5.30. The highest BCUT2D eigenvalue weighted by atomic mass is 32.1. The molecule has 0 saturated carbocycles. The minimum absolute atomic E-state index is 0.669. The third-order valence-corrected chi connectivity index (χ3v) is 4.14. The van der Waals surface area contributed by atoms with Gasteiger partial charge in [0, 0.05) is 6.54 Å². The van der Waals surface area contributed by atoms with Crippen molar-refractivity contribution in [1.82, 2.24) is 5.32 Å². The molecule has 2 nitrogen and oxygen atoms in total. The molecule has 2 rings (SSSR count). The van der Waals surface area contributed by atoms with Gasteiger partial charge in [0.1, 0.15) is 0 Å². The number of rotatable bonds is 6. The van der Waals surface area contributed by atoms with Crippen LogP contribution in [-0.2, 0) is 12.1 Å². The summed E-state index contributed by atoms with van der Waals surface area (Å²) in [5.74, 6) is 0. The van der Waals surface area contributed by atoms with E-state index in [9.17, 15) is 5.11 Å². The van der Waals surface area contributed by atoms with E-state index in [1.807, 2.05) is 42.6 Å². The summed E-state index contributed by atoms with van der Waals surface area (Å²) >= 11 is 1.59. The molecule has 2 N–H and O–H groups in total. The maximum Gasteiger partial charge on any atom is 0.151 e. The maximum absolute atomic E-state index is 10.6. The van der Waals surface area contributed by atoms with E-state index in [1.54, 1.807) is 11.3 Å². The molecule has 0 radical (unpaired) electrons. The minimum atomic E-state index is -0.886. The average molecular weight is 261 g/mol. The van der Waals surface area contributed by atoms with E-state index in [0.29, 0.717) is 6.42 Å². The fourth-order valence-corrected chi connectivity index (χ4v) is 2.83. The largest absolute Gasteiger partial charge is 0.371 e. The van der Waals surface area contributed by atoms with E-state index < -0.39 is 5.72 Å². The molecule has 1 unspecified atom stereocenters. The van der Waals surface area contributed by atoms with Crippen LogP contribution in [0.25, 0.3) is 0 Å². The zero-order chi connectivity index (χ0) is 12.8. The van der Waals surface area contributed by atoms with Crippen LogP contribution in [0.5, 0.6) is 0 Å². The molecule has 1 aromatic heterocycles. The lowest BCUT2D eigenvalue weighted by molar-refractivity contribution is 0.000566. The van der Waals surface area contributed by atoms with Crippen molar-refractivity contribution in [3.8, 4) is 0 Å². The van der Waals surface area contributed by atoms with Crippen LogP contribution >= 0.6 is 11.3 Å². The lowest BCUT2D eigenvalue weighted by atomic mass is 10.1. The zero-order valence-corrected chi connectivity index (χ0v) is 11.4. The number of nitrogens with one attached hydrogen (secondary N) is 1. The molecule has 0 aliphatic heterocycles. The first-order valence-electron chi connectivity index (χ1n) is 6.30. The van der Waals surface area contributed by atoms with E-state index >= 15 is 0 Å². The van der Waals surface area contributed by atoms with Gasteiger partial charge in [0.2, 0.25) is 0 Å². The molecule has 0 amide bonds. The predicted octanol–water partition coefficient (Wildman–Crippen LogP) is 3.14. The molecule has 0 saturated heterocycles. The number of benzene rings is 1. The number of aliphatic hydroxyl groups is 1. The first-order chi connectivity index (χ1) is 8.74. The lowest BCUT2D eigenvalue weighted by Crippen LogP contribution is -2.42. The molecule has 0 bridgehead atoms. The van der Waals surface area contributed by atoms with Crippen molar-refractivity contribution >= 4 is 11.3 Å². The van der Waals surface area contributed by atoms with E-state index in [-0.39, 0.29) is 0 Å². The molecule has 1 heterocycles. The quantitative estimate of drug-likeness (QED) is 0.783. The van der Waals surface area contributed by atoms with Gasteiger partial charge in [-0.1, -0.05) is 43.3 Å². The molecule has 0 aliphatic rings. The first-order valence-corrected chi connectivity index (χ1v) is 7.18. The van der Waals surface area contributed by atoms with Crippen molar-refractivity contribution < 1.29 is 5.11 Å².